The number of anilines is 1. The van der Waals surface area contributed by atoms with Gasteiger partial charge in [-0.2, -0.15) is 0 Å². The number of amides is 2. The van der Waals surface area contributed by atoms with E-state index in [1.165, 1.54) is 0 Å². The number of nitrogens with one attached hydrogen (secondary N) is 2. The third-order valence-corrected chi connectivity index (χ3v) is 3.28. The summed E-state index contributed by atoms with van der Waals surface area (Å²) in [5.41, 5.74) is 6.49. The van der Waals surface area contributed by atoms with E-state index in [1.807, 2.05) is 0 Å². The Morgan fingerprint density at radius 3 is 2.86 bits per heavy atom. The fourth-order valence-electron chi connectivity index (χ4n) is 2.15. The zero-order valence-electron chi connectivity index (χ0n) is 12.3. The van der Waals surface area contributed by atoms with Crippen LogP contribution in [0.2, 0.25) is 0 Å². The number of carbonyl (C=O) groups is 2. The van der Waals surface area contributed by atoms with E-state index in [4.69, 9.17) is 10.5 Å². The first-order valence-electron chi connectivity index (χ1n) is 7.21. The summed E-state index contributed by atoms with van der Waals surface area (Å²) in [4.78, 5) is 23.9. The quantitative estimate of drug-likeness (QED) is 0.687. The molecule has 2 amide bonds. The van der Waals surface area contributed by atoms with Gasteiger partial charge in [-0.05, 0) is 44.0 Å². The Balaban J connectivity index is 0.00000242. The van der Waals surface area contributed by atoms with Crippen LogP contribution in [0, 0.1) is 0 Å². The zero-order chi connectivity index (χ0) is 15.1. The van der Waals surface area contributed by atoms with Crippen LogP contribution in [0.4, 0.5) is 5.69 Å². The molecule has 1 fully saturated rings. The summed E-state index contributed by atoms with van der Waals surface area (Å²) in [6.45, 7) is 1.71. The minimum Gasteiger partial charge on any atom is -0.368 e. The van der Waals surface area contributed by atoms with E-state index in [1.54, 1.807) is 24.3 Å². The van der Waals surface area contributed by atoms with E-state index in [2.05, 4.69) is 10.6 Å². The number of ether oxygens (including phenoxy) is 1. The van der Waals surface area contributed by atoms with Gasteiger partial charge in [-0.15, -0.1) is 12.4 Å². The van der Waals surface area contributed by atoms with Gasteiger partial charge in [-0.3, -0.25) is 9.59 Å². The molecule has 1 heterocycles. The molecule has 0 aliphatic carbocycles. The number of hydrogen-bond acceptors (Lipinski definition) is 4. The zero-order valence-corrected chi connectivity index (χ0v) is 13.2. The van der Waals surface area contributed by atoms with Crippen molar-refractivity contribution < 1.29 is 14.3 Å². The summed E-state index contributed by atoms with van der Waals surface area (Å²) in [7, 11) is 0. The molecule has 0 bridgehead atoms. The van der Waals surface area contributed by atoms with Gasteiger partial charge in [0.2, 0.25) is 0 Å². The van der Waals surface area contributed by atoms with Crippen LogP contribution in [0.3, 0.4) is 0 Å². The average Bonchev–Trinajstić information content (AvgIpc) is 3.02. The monoisotopic (exact) mass is 327 g/mol. The van der Waals surface area contributed by atoms with E-state index in [-0.39, 0.29) is 30.3 Å². The number of rotatable bonds is 6. The predicted molar refractivity (Wildman–Crippen MR) is 87.3 cm³/mol. The molecule has 1 atom stereocenters. The Hall–Kier alpha value is -1.63. The first-order chi connectivity index (χ1) is 10.2. The van der Waals surface area contributed by atoms with Gasteiger partial charge < -0.3 is 21.1 Å². The van der Waals surface area contributed by atoms with Crippen LogP contribution >= 0.6 is 12.4 Å². The van der Waals surface area contributed by atoms with Crippen molar-refractivity contribution in [3.8, 4) is 0 Å². The van der Waals surface area contributed by atoms with Gasteiger partial charge in [0, 0.05) is 24.4 Å². The Labute approximate surface area is 136 Å². The minimum atomic E-state index is -0.382. The van der Waals surface area contributed by atoms with E-state index in [9.17, 15) is 9.59 Å². The second-order valence-electron chi connectivity index (χ2n) is 4.97. The molecule has 122 valence electrons. The lowest BCUT2D eigenvalue weighted by atomic mass is 10.1. The van der Waals surface area contributed by atoms with Crippen LogP contribution in [0.25, 0.3) is 0 Å². The number of halogens is 1. The number of nitrogens with two attached hydrogens (primary N) is 1. The van der Waals surface area contributed by atoms with Gasteiger partial charge in [0.15, 0.2) is 0 Å². The summed E-state index contributed by atoms with van der Waals surface area (Å²) in [6.07, 6.45) is 2.00. The average molecular weight is 328 g/mol. The molecule has 1 aromatic rings. The Kier molecular flexibility index (Phi) is 7.87. The SMILES string of the molecule is Cl.NCCCNC(=O)c1cccc(NC(=O)C2CCCO2)c1. The lowest BCUT2D eigenvalue weighted by Crippen LogP contribution is -2.28. The molecule has 1 saturated heterocycles. The smallest absolute Gasteiger partial charge is 0.253 e. The van der Waals surface area contributed by atoms with Crippen LogP contribution in [-0.2, 0) is 9.53 Å². The van der Waals surface area contributed by atoms with Gasteiger partial charge in [0.1, 0.15) is 6.10 Å². The second kappa shape index (κ2) is 9.40. The lowest BCUT2D eigenvalue weighted by Gasteiger charge is -2.11. The highest BCUT2D eigenvalue weighted by molar-refractivity contribution is 5.98. The molecule has 0 radical (unpaired) electrons. The van der Waals surface area contributed by atoms with Crippen LogP contribution in [0.1, 0.15) is 29.6 Å². The maximum absolute atomic E-state index is 12.0. The van der Waals surface area contributed by atoms with Crippen LogP contribution < -0.4 is 16.4 Å². The fourth-order valence-corrected chi connectivity index (χ4v) is 2.15. The number of hydrogen-bond donors (Lipinski definition) is 3. The van der Waals surface area contributed by atoms with Gasteiger partial charge in [-0.1, -0.05) is 6.07 Å². The summed E-state index contributed by atoms with van der Waals surface area (Å²) in [5, 5.41) is 5.56. The van der Waals surface area contributed by atoms with E-state index in [0.29, 0.717) is 30.9 Å². The molecular formula is C15H22ClN3O3. The van der Waals surface area contributed by atoms with Gasteiger partial charge >= 0.3 is 0 Å². The Bertz CT molecular complexity index is 505. The van der Waals surface area contributed by atoms with Crippen molar-refractivity contribution in [1.29, 1.82) is 0 Å². The highest BCUT2D eigenvalue weighted by atomic mass is 35.5. The molecule has 1 aromatic carbocycles. The topological polar surface area (TPSA) is 93.5 Å². The predicted octanol–water partition coefficient (Wildman–Crippen LogP) is 1.30. The summed E-state index contributed by atoms with van der Waals surface area (Å²) in [5.74, 6) is -0.329. The molecule has 0 saturated carbocycles. The molecular weight excluding hydrogens is 306 g/mol. The highest BCUT2D eigenvalue weighted by Gasteiger charge is 2.23. The molecule has 1 aliphatic rings. The summed E-state index contributed by atoms with van der Waals surface area (Å²) in [6, 6.07) is 6.86. The molecule has 7 heteroatoms. The third kappa shape index (κ3) is 5.29. The van der Waals surface area contributed by atoms with Gasteiger partial charge in [-0.25, -0.2) is 0 Å². The second-order valence-corrected chi connectivity index (χ2v) is 4.97. The standard InChI is InChI=1S/C15H21N3O3.ClH/c16-7-3-8-17-14(19)11-4-1-5-12(10-11)18-15(20)13-6-2-9-21-13;/h1,4-5,10,13H,2-3,6-9,16H2,(H,17,19)(H,18,20);1H. The molecule has 1 aliphatic heterocycles. The fraction of sp³-hybridized carbons (Fsp3) is 0.467. The van der Waals surface area contributed by atoms with Crippen molar-refractivity contribution in [1.82, 2.24) is 5.32 Å². The van der Waals surface area contributed by atoms with Gasteiger partial charge in [0.25, 0.3) is 11.8 Å². The Morgan fingerprint density at radius 2 is 2.18 bits per heavy atom. The normalized spacial score (nSPS) is 16.7. The molecule has 1 unspecified atom stereocenters. The molecule has 22 heavy (non-hydrogen) atoms. The van der Waals surface area contributed by atoms with E-state index < -0.39 is 0 Å². The van der Waals surface area contributed by atoms with E-state index >= 15 is 0 Å². The summed E-state index contributed by atoms with van der Waals surface area (Å²) >= 11 is 0. The third-order valence-electron chi connectivity index (χ3n) is 3.28. The maximum Gasteiger partial charge on any atom is 0.253 e. The van der Waals surface area contributed by atoms with Crippen molar-refractivity contribution in [3.05, 3.63) is 29.8 Å². The lowest BCUT2D eigenvalue weighted by molar-refractivity contribution is -0.124. The van der Waals surface area contributed by atoms with Crippen molar-refractivity contribution in [2.75, 3.05) is 25.0 Å². The molecule has 0 aromatic heterocycles. The molecule has 0 spiro atoms. The van der Waals surface area contributed by atoms with Crippen molar-refractivity contribution >= 4 is 29.9 Å². The Morgan fingerprint density at radius 1 is 1.36 bits per heavy atom. The number of benzene rings is 1. The van der Waals surface area contributed by atoms with Gasteiger partial charge in [0.05, 0.1) is 0 Å². The van der Waals surface area contributed by atoms with Crippen molar-refractivity contribution in [2.45, 2.75) is 25.4 Å². The van der Waals surface area contributed by atoms with Crippen molar-refractivity contribution in [3.63, 3.8) is 0 Å². The molecule has 2 rings (SSSR count). The summed E-state index contributed by atoms with van der Waals surface area (Å²) < 4.78 is 5.33. The van der Waals surface area contributed by atoms with Crippen LogP contribution in [-0.4, -0.2) is 37.6 Å². The molecule has 4 N–H and O–H groups in total. The first kappa shape index (κ1) is 18.4. The van der Waals surface area contributed by atoms with Crippen LogP contribution in [0.5, 0.6) is 0 Å². The first-order valence-corrected chi connectivity index (χ1v) is 7.21. The number of carbonyl (C=O) groups excluding carboxylic acids is 2. The molecule has 6 nitrogen and oxygen atoms in total. The minimum absolute atomic E-state index is 0. The maximum atomic E-state index is 12.0. The van der Waals surface area contributed by atoms with Crippen LogP contribution in [0.15, 0.2) is 24.3 Å². The van der Waals surface area contributed by atoms with E-state index in [0.717, 1.165) is 19.3 Å². The largest absolute Gasteiger partial charge is 0.368 e. The van der Waals surface area contributed by atoms with Crippen molar-refractivity contribution in [2.24, 2.45) is 5.73 Å². The highest BCUT2D eigenvalue weighted by Crippen LogP contribution is 2.16.